The number of thiophene rings is 1. The lowest BCUT2D eigenvalue weighted by Gasteiger charge is -2.12. The van der Waals surface area contributed by atoms with Crippen molar-refractivity contribution in [2.45, 2.75) is 13.1 Å². The molecule has 0 bridgehead atoms. The first-order valence-electron chi connectivity index (χ1n) is 7.79. The van der Waals surface area contributed by atoms with Crippen molar-refractivity contribution in [1.29, 1.82) is 0 Å². The van der Waals surface area contributed by atoms with Crippen molar-refractivity contribution in [3.63, 3.8) is 0 Å². The average molecular weight is 390 g/mol. The Morgan fingerprint density at radius 1 is 1.35 bits per heavy atom. The summed E-state index contributed by atoms with van der Waals surface area (Å²) >= 11 is 6.79. The predicted molar refractivity (Wildman–Crippen MR) is 102 cm³/mol. The third-order valence-corrected chi connectivity index (χ3v) is 4.95. The van der Waals surface area contributed by atoms with Gasteiger partial charge in [-0.2, -0.15) is 5.10 Å². The van der Waals surface area contributed by atoms with Crippen molar-refractivity contribution < 1.29 is 14.3 Å². The summed E-state index contributed by atoms with van der Waals surface area (Å²) < 4.78 is 12.6. The van der Waals surface area contributed by atoms with Crippen LogP contribution in [-0.4, -0.2) is 34.9 Å². The van der Waals surface area contributed by atoms with Gasteiger partial charge in [0.2, 0.25) is 5.91 Å². The third-order valence-electron chi connectivity index (χ3n) is 3.77. The first-order valence-corrected chi connectivity index (χ1v) is 9.08. The molecule has 9 heteroatoms. The van der Waals surface area contributed by atoms with Crippen molar-refractivity contribution in [3.05, 3.63) is 46.0 Å². The minimum Gasteiger partial charge on any atom is -0.497 e. The summed E-state index contributed by atoms with van der Waals surface area (Å²) in [4.78, 5) is 13.3. The van der Waals surface area contributed by atoms with Gasteiger partial charge >= 0.3 is 0 Å². The normalized spacial score (nSPS) is 10.5. The van der Waals surface area contributed by atoms with Gasteiger partial charge in [0.15, 0.2) is 10.6 Å². The number of hydrogen-bond donors (Lipinski definition) is 2. The second kappa shape index (κ2) is 8.15. The van der Waals surface area contributed by atoms with Gasteiger partial charge in [0.05, 0.1) is 19.1 Å². The van der Waals surface area contributed by atoms with Crippen LogP contribution < -0.4 is 14.8 Å². The molecule has 1 aromatic carbocycles. The van der Waals surface area contributed by atoms with Gasteiger partial charge in [-0.1, -0.05) is 6.07 Å². The molecule has 2 heterocycles. The molecule has 0 saturated heterocycles. The van der Waals surface area contributed by atoms with Crippen LogP contribution in [0, 0.1) is 4.77 Å². The molecule has 0 unspecified atom stereocenters. The van der Waals surface area contributed by atoms with Crippen molar-refractivity contribution in [2.24, 2.45) is 0 Å². The molecule has 0 aliphatic rings. The highest BCUT2D eigenvalue weighted by Crippen LogP contribution is 2.25. The van der Waals surface area contributed by atoms with Crippen molar-refractivity contribution in [2.75, 3.05) is 14.2 Å². The molecule has 0 aliphatic heterocycles. The molecular weight excluding hydrogens is 372 g/mol. The maximum absolute atomic E-state index is 12.4. The lowest BCUT2D eigenvalue weighted by Crippen LogP contribution is -2.27. The van der Waals surface area contributed by atoms with Gasteiger partial charge in [0, 0.05) is 18.2 Å². The molecule has 136 valence electrons. The second-order valence-electron chi connectivity index (χ2n) is 5.37. The standard InChI is InChI=1S/C17H18N4O3S2/c1-23-12-6-5-11(13(8-12)24-2)9-18-15(22)10-21-16(19-20-17(21)25)14-4-3-7-26-14/h3-8H,9-10H2,1-2H3,(H,18,22)(H,20,25). The lowest BCUT2D eigenvalue weighted by atomic mass is 10.2. The topological polar surface area (TPSA) is 81.2 Å². The highest BCUT2D eigenvalue weighted by molar-refractivity contribution is 7.71. The number of ether oxygens (including phenoxy) is 2. The van der Waals surface area contributed by atoms with Crippen LogP contribution in [-0.2, 0) is 17.9 Å². The first-order chi connectivity index (χ1) is 12.6. The number of nitrogens with zero attached hydrogens (tertiary/aromatic N) is 2. The summed E-state index contributed by atoms with van der Waals surface area (Å²) in [6.45, 7) is 0.423. The number of carbonyl (C=O) groups is 1. The molecule has 2 aromatic heterocycles. The van der Waals surface area contributed by atoms with E-state index in [0.717, 1.165) is 10.4 Å². The van der Waals surface area contributed by atoms with E-state index in [4.69, 9.17) is 21.7 Å². The second-order valence-corrected chi connectivity index (χ2v) is 6.70. The smallest absolute Gasteiger partial charge is 0.240 e. The Balaban J connectivity index is 1.69. The number of rotatable bonds is 7. The average Bonchev–Trinajstić information content (AvgIpc) is 3.30. The number of carbonyl (C=O) groups excluding carboxylic acids is 1. The number of aromatic nitrogens is 3. The summed E-state index contributed by atoms with van der Waals surface area (Å²) in [6.07, 6.45) is 0. The van der Waals surface area contributed by atoms with Crippen molar-refractivity contribution >= 4 is 29.5 Å². The van der Waals surface area contributed by atoms with E-state index in [-0.39, 0.29) is 12.5 Å². The van der Waals surface area contributed by atoms with Crippen molar-refractivity contribution in [3.8, 4) is 22.2 Å². The first kappa shape index (κ1) is 18.2. The predicted octanol–water partition coefficient (Wildman–Crippen LogP) is 3.00. The zero-order chi connectivity index (χ0) is 18.5. The highest BCUT2D eigenvalue weighted by Gasteiger charge is 2.13. The Kier molecular flexibility index (Phi) is 5.69. The summed E-state index contributed by atoms with van der Waals surface area (Å²) in [6, 6.07) is 9.33. The van der Waals surface area contributed by atoms with Crippen LogP contribution in [0.25, 0.3) is 10.7 Å². The van der Waals surface area contributed by atoms with Crippen LogP contribution in [0.2, 0.25) is 0 Å². The zero-order valence-corrected chi connectivity index (χ0v) is 15.9. The molecule has 3 aromatic rings. The van der Waals surface area contributed by atoms with Crippen LogP contribution in [0.15, 0.2) is 35.7 Å². The molecule has 0 saturated carbocycles. The molecule has 0 spiro atoms. The summed E-state index contributed by atoms with van der Waals surface area (Å²) in [7, 11) is 3.17. The number of nitrogens with one attached hydrogen (secondary N) is 2. The van der Waals surface area contributed by atoms with Crippen LogP contribution in [0.5, 0.6) is 11.5 Å². The highest BCUT2D eigenvalue weighted by atomic mass is 32.1. The van der Waals surface area contributed by atoms with Gasteiger partial charge < -0.3 is 14.8 Å². The fraction of sp³-hybridized carbons (Fsp3) is 0.235. The Morgan fingerprint density at radius 2 is 2.19 bits per heavy atom. The van der Waals surface area contributed by atoms with Gasteiger partial charge in [-0.05, 0) is 35.8 Å². The SMILES string of the molecule is COc1ccc(CNC(=O)Cn2c(-c3cccs3)n[nH]c2=S)c(OC)c1. The number of benzene rings is 1. The Morgan fingerprint density at radius 3 is 2.88 bits per heavy atom. The van der Waals surface area contributed by atoms with Crippen LogP contribution in [0.4, 0.5) is 0 Å². The van der Waals surface area contributed by atoms with E-state index in [1.165, 1.54) is 11.3 Å². The fourth-order valence-corrected chi connectivity index (χ4v) is 3.37. The molecule has 1 amide bonds. The quantitative estimate of drug-likeness (QED) is 0.606. The number of hydrogen-bond acceptors (Lipinski definition) is 6. The summed E-state index contributed by atoms with van der Waals surface area (Å²) in [5.74, 6) is 1.84. The maximum atomic E-state index is 12.4. The maximum Gasteiger partial charge on any atom is 0.240 e. The lowest BCUT2D eigenvalue weighted by molar-refractivity contribution is -0.121. The molecular formula is C17H18N4O3S2. The Bertz CT molecular complexity index is 947. The minimum absolute atomic E-state index is 0.0844. The van der Waals surface area contributed by atoms with E-state index < -0.39 is 0 Å². The molecule has 26 heavy (non-hydrogen) atoms. The van der Waals surface area contributed by atoms with E-state index in [0.29, 0.717) is 28.6 Å². The molecule has 0 atom stereocenters. The van der Waals surface area contributed by atoms with Gasteiger partial charge in [-0.25, -0.2) is 0 Å². The van der Waals surface area contributed by atoms with E-state index in [2.05, 4.69) is 15.5 Å². The van der Waals surface area contributed by atoms with Crippen molar-refractivity contribution in [1.82, 2.24) is 20.1 Å². The Hall–Kier alpha value is -2.65. The zero-order valence-electron chi connectivity index (χ0n) is 14.3. The molecule has 0 radical (unpaired) electrons. The number of methoxy groups -OCH3 is 2. The van der Waals surface area contributed by atoms with E-state index in [9.17, 15) is 4.79 Å². The molecule has 0 aliphatic carbocycles. The molecule has 3 rings (SSSR count). The number of H-pyrrole nitrogens is 1. The van der Waals surface area contributed by atoms with Crippen LogP contribution in [0.1, 0.15) is 5.56 Å². The largest absolute Gasteiger partial charge is 0.497 e. The summed E-state index contributed by atoms with van der Waals surface area (Å²) in [5.41, 5.74) is 0.857. The third kappa shape index (κ3) is 3.94. The molecule has 7 nitrogen and oxygen atoms in total. The van der Waals surface area contributed by atoms with Crippen LogP contribution in [0.3, 0.4) is 0 Å². The number of amides is 1. The van der Waals surface area contributed by atoms with Gasteiger partial charge in [-0.3, -0.25) is 14.5 Å². The molecule has 0 fully saturated rings. The van der Waals surface area contributed by atoms with Gasteiger partial charge in [-0.15, -0.1) is 11.3 Å². The number of aromatic amines is 1. The fourth-order valence-electron chi connectivity index (χ4n) is 2.45. The van der Waals surface area contributed by atoms with Gasteiger partial charge in [0.25, 0.3) is 0 Å². The summed E-state index contributed by atoms with van der Waals surface area (Å²) in [5, 5.41) is 11.8. The monoisotopic (exact) mass is 390 g/mol. The Labute approximate surface area is 159 Å². The van der Waals surface area contributed by atoms with Gasteiger partial charge in [0.1, 0.15) is 18.0 Å². The van der Waals surface area contributed by atoms with Crippen LogP contribution >= 0.6 is 23.6 Å². The molecule has 2 N–H and O–H groups in total. The van der Waals surface area contributed by atoms with E-state index in [1.807, 2.05) is 29.6 Å². The van der Waals surface area contributed by atoms with E-state index in [1.54, 1.807) is 24.9 Å². The minimum atomic E-state index is -0.168. The van der Waals surface area contributed by atoms with E-state index >= 15 is 0 Å².